The standard InChI is InChI=1S/C18H14ClNO2/c1-10-5-3-4-6-12(10)15-9-13(18(21)22)16-14(19)8-7-11(2)17(16)20-15/h3-9H,1-2H3,(H,21,22). The predicted octanol–water partition coefficient (Wildman–Crippen LogP) is 4.87. The molecule has 1 aromatic heterocycles. The summed E-state index contributed by atoms with van der Waals surface area (Å²) < 4.78 is 0. The number of aromatic carboxylic acids is 1. The lowest BCUT2D eigenvalue weighted by Crippen LogP contribution is -2.02. The van der Waals surface area contributed by atoms with Gasteiger partial charge in [-0.2, -0.15) is 0 Å². The van der Waals surface area contributed by atoms with Gasteiger partial charge >= 0.3 is 5.97 Å². The van der Waals surface area contributed by atoms with Crippen LogP contribution in [0.2, 0.25) is 5.02 Å². The van der Waals surface area contributed by atoms with Gasteiger partial charge in [0.25, 0.3) is 0 Å². The highest BCUT2D eigenvalue weighted by Crippen LogP contribution is 2.32. The summed E-state index contributed by atoms with van der Waals surface area (Å²) in [5.74, 6) is -1.00. The zero-order valence-corrected chi connectivity index (χ0v) is 13.0. The normalized spacial score (nSPS) is 10.9. The van der Waals surface area contributed by atoms with E-state index < -0.39 is 5.97 Å². The Hall–Kier alpha value is -2.39. The molecule has 0 aliphatic carbocycles. The lowest BCUT2D eigenvalue weighted by Gasteiger charge is -2.11. The van der Waals surface area contributed by atoms with Crippen LogP contribution >= 0.6 is 11.6 Å². The molecule has 0 saturated carbocycles. The van der Waals surface area contributed by atoms with E-state index in [1.807, 2.05) is 44.2 Å². The molecule has 2 aromatic carbocycles. The minimum absolute atomic E-state index is 0.178. The fourth-order valence-electron chi connectivity index (χ4n) is 2.60. The topological polar surface area (TPSA) is 50.2 Å². The lowest BCUT2D eigenvalue weighted by molar-refractivity contribution is 0.0699. The molecule has 0 fully saturated rings. The molecule has 0 spiro atoms. The minimum atomic E-state index is -1.00. The van der Waals surface area contributed by atoms with E-state index in [9.17, 15) is 9.90 Å². The molecule has 3 nitrogen and oxygen atoms in total. The zero-order valence-electron chi connectivity index (χ0n) is 12.2. The van der Waals surface area contributed by atoms with Crippen LogP contribution in [0.1, 0.15) is 21.5 Å². The number of aryl methyl sites for hydroxylation is 2. The number of fused-ring (bicyclic) bond motifs is 1. The number of carboxylic acids is 1. The van der Waals surface area contributed by atoms with Crippen LogP contribution in [0.3, 0.4) is 0 Å². The number of aromatic nitrogens is 1. The first-order valence-electron chi connectivity index (χ1n) is 6.88. The largest absolute Gasteiger partial charge is 0.478 e. The van der Waals surface area contributed by atoms with Gasteiger partial charge in [-0.25, -0.2) is 9.78 Å². The first kappa shape index (κ1) is 14.5. The van der Waals surface area contributed by atoms with Gasteiger partial charge in [0.05, 0.1) is 21.8 Å². The Morgan fingerprint density at radius 2 is 1.82 bits per heavy atom. The van der Waals surface area contributed by atoms with Crippen molar-refractivity contribution in [3.05, 3.63) is 64.2 Å². The SMILES string of the molecule is Cc1ccccc1-c1cc(C(=O)O)c2c(Cl)ccc(C)c2n1. The highest BCUT2D eigenvalue weighted by Gasteiger charge is 2.17. The molecule has 0 unspecified atom stereocenters. The molecular formula is C18H14ClNO2. The number of hydrogen-bond acceptors (Lipinski definition) is 2. The van der Waals surface area contributed by atoms with Crippen molar-refractivity contribution in [3.63, 3.8) is 0 Å². The molecule has 0 bridgehead atoms. The Labute approximate surface area is 133 Å². The van der Waals surface area contributed by atoms with E-state index in [4.69, 9.17) is 11.6 Å². The van der Waals surface area contributed by atoms with Crippen LogP contribution in [0.15, 0.2) is 42.5 Å². The average Bonchev–Trinajstić information content (AvgIpc) is 2.50. The van der Waals surface area contributed by atoms with Gasteiger partial charge in [0.15, 0.2) is 0 Å². The Bertz CT molecular complexity index is 903. The third kappa shape index (κ3) is 2.34. The Kier molecular flexibility index (Phi) is 3.59. The van der Waals surface area contributed by atoms with Crippen LogP contribution in [0, 0.1) is 13.8 Å². The Balaban J connectivity index is 2.43. The fourth-order valence-corrected chi connectivity index (χ4v) is 2.85. The maximum Gasteiger partial charge on any atom is 0.336 e. The molecule has 1 heterocycles. The van der Waals surface area contributed by atoms with E-state index in [-0.39, 0.29) is 5.56 Å². The monoisotopic (exact) mass is 311 g/mol. The summed E-state index contributed by atoms with van der Waals surface area (Å²) in [4.78, 5) is 16.3. The average molecular weight is 312 g/mol. The maximum absolute atomic E-state index is 11.7. The van der Waals surface area contributed by atoms with Gasteiger partial charge in [0.1, 0.15) is 0 Å². The lowest BCUT2D eigenvalue weighted by atomic mass is 10.00. The first-order chi connectivity index (χ1) is 10.5. The molecule has 1 N–H and O–H groups in total. The van der Waals surface area contributed by atoms with Crippen molar-refractivity contribution >= 4 is 28.5 Å². The predicted molar refractivity (Wildman–Crippen MR) is 88.6 cm³/mol. The van der Waals surface area contributed by atoms with Crippen molar-refractivity contribution in [3.8, 4) is 11.3 Å². The summed E-state index contributed by atoms with van der Waals surface area (Å²) >= 11 is 6.20. The number of halogens is 1. The second-order valence-electron chi connectivity index (χ2n) is 5.26. The molecule has 4 heteroatoms. The number of hydrogen-bond donors (Lipinski definition) is 1. The van der Waals surface area contributed by atoms with E-state index >= 15 is 0 Å². The van der Waals surface area contributed by atoms with Crippen molar-refractivity contribution in [2.24, 2.45) is 0 Å². The zero-order chi connectivity index (χ0) is 15.9. The number of rotatable bonds is 2. The molecule has 0 atom stereocenters. The first-order valence-corrected chi connectivity index (χ1v) is 7.26. The fraction of sp³-hybridized carbons (Fsp3) is 0.111. The van der Waals surface area contributed by atoms with E-state index in [0.717, 1.165) is 16.7 Å². The van der Waals surface area contributed by atoms with Gasteiger partial charge in [-0.3, -0.25) is 0 Å². The Morgan fingerprint density at radius 1 is 1.09 bits per heavy atom. The summed E-state index contributed by atoms with van der Waals surface area (Å²) in [6.45, 7) is 3.88. The second-order valence-corrected chi connectivity index (χ2v) is 5.67. The smallest absolute Gasteiger partial charge is 0.336 e. The van der Waals surface area contributed by atoms with Gasteiger partial charge in [-0.05, 0) is 37.1 Å². The van der Waals surface area contributed by atoms with Crippen LogP contribution in [0.4, 0.5) is 0 Å². The molecule has 22 heavy (non-hydrogen) atoms. The third-order valence-electron chi connectivity index (χ3n) is 3.76. The van der Waals surface area contributed by atoms with Gasteiger partial charge in [0.2, 0.25) is 0 Å². The summed E-state index contributed by atoms with van der Waals surface area (Å²) in [5.41, 5.74) is 4.32. The van der Waals surface area contributed by atoms with Crippen molar-refractivity contribution in [2.75, 3.05) is 0 Å². The molecule has 3 aromatic rings. The number of carboxylic acid groups (broad SMARTS) is 1. The van der Waals surface area contributed by atoms with Gasteiger partial charge in [-0.15, -0.1) is 0 Å². The highest BCUT2D eigenvalue weighted by atomic mass is 35.5. The van der Waals surface area contributed by atoms with Crippen LogP contribution in [-0.2, 0) is 0 Å². The molecule has 0 radical (unpaired) electrons. The molecule has 0 aliphatic rings. The number of carbonyl (C=O) groups is 1. The van der Waals surface area contributed by atoms with Crippen LogP contribution in [0.5, 0.6) is 0 Å². The molecule has 0 saturated heterocycles. The van der Waals surface area contributed by atoms with Gasteiger partial charge < -0.3 is 5.11 Å². The molecule has 0 amide bonds. The van der Waals surface area contributed by atoms with E-state index in [1.165, 1.54) is 0 Å². The van der Waals surface area contributed by atoms with E-state index in [0.29, 0.717) is 21.6 Å². The van der Waals surface area contributed by atoms with Gasteiger partial charge in [-0.1, -0.05) is 41.9 Å². The minimum Gasteiger partial charge on any atom is -0.478 e. The van der Waals surface area contributed by atoms with Crippen molar-refractivity contribution in [1.29, 1.82) is 0 Å². The summed E-state index contributed by atoms with van der Waals surface area (Å²) in [6, 6.07) is 12.9. The summed E-state index contributed by atoms with van der Waals surface area (Å²) in [7, 11) is 0. The van der Waals surface area contributed by atoms with Crippen molar-refractivity contribution in [2.45, 2.75) is 13.8 Å². The van der Waals surface area contributed by atoms with Gasteiger partial charge in [0, 0.05) is 10.9 Å². The summed E-state index contributed by atoms with van der Waals surface area (Å²) in [5, 5.41) is 10.4. The van der Waals surface area contributed by atoms with Crippen LogP contribution in [-0.4, -0.2) is 16.1 Å². The number of pyridine rings is 1. The maximum atomic E-state index is 11.7. The number of nitrogens with zero attached hydrogens (tertiary/aromatic N) is 1. The molecule has 3 rings (SSSR count). The van der Waals surface area contributed by atoms with Crippen LogP contribution in [0.25, 0.3) is 22.2 Å². The van der Waals surface area contributed by atoms with E-state index in [1.54, 1.807) is 12.1 Å². The molecule has 0 aliphatic heterocycles. The highest BCUT2D eigenvalue weighted by molar-refractivity contribution is 6.36. The molecule has 110 valence electrons. The molecular weight excluding hydrogens is 298 g/mol. The van der Waals surface area contributed by atoms with Crippen molar-refractivity contribution < 1.29 is 9.90 Å². The quantitative estimate of drug-likeness (QED) is 0.734. The number of benzene rings is 2. The van der Waals surface area contributed by atoms with Crippen molar-refractivity contribution in [1.82, 2.24) is 4.98 Å². The third-order valence-corrected chi connectivity index (χ3v) is 4.08. The Morgan fingerprint density at radius 3 is 2.50 bits per heavy atom. The summed E-state index contributed by atoms with van der Waals surface area (Å²) in [6.07, 6.45) is 0. The second kappa shape index (κ2) is 5.43. The van der Waals surface area contributed by atoms with E-state index in [2.05, 4.69) is 4.98 Å². The van der Waals surface area contributed by atoms with Crippen LogP contribution < -0.4 is 0 Å².